The quantitative estimate of drug-likeness (QED) is 0.879. The minimum absolute atomic E-state index is 0.0269. The first kappa shape index (κ1) is 16.2. The van der Waals surface area contributed by atoms with Crippen molar-refractivity contribution in [1.82, 2.24) is 0 Å². The number of Topliss-reactive ketones (excluding diaryl/α,β-unsaturated/α-hetero) is 1. The van der Waals surface area contributed by atoms with Crippen LogP contribution in [0.2, 0.25) is 0 Å². The fourth-order valence-electron chi connectivity index (χ4n) is 2.66. The number of benzene rings is 2. The smallest absolute Gasteiger partial charge is 0.255 e. The molecule has 1 N–H and O–H groups in total. The zero-order valence-corrected chi connectivity index (χ0v) is 13.6. The Morgan fingerprint density at radius 1 is 1.00 bits per heavy atom. The maximum absolute atomic E-state index is 12.4. The monoisotopic (exact) mass is 324 g/mol. The molecule has 0 bridgehead atoms. The minimum atomic E-state index is -0.191. The van der Waals surface area contributed by atoms with Crippen molar-refractivity contribution in [2.75, 3.05) is 36.5 Å². The third-order valence-electron chi connectivity index (χ3n) is 4.03. The van der Waals surface area contributed by atoms with E-state index in [-0.39, 0.29) is 11.7 Å². The summed E-state index contributed by atoms with van der Waals surface area (Å²) >= 11 is 0. The molecule has 2 aromatic rings. The van der Waals surface area contributed by atoms with Crippen molar-refractivity contribution < 1.29 is 14.3 Å². The molecule has 1 aliphatic rings. The fraction of sp³-hybridized carbons (Fsp3) is 0.263. The van der Waals surface area contributed by atoms with Crippen LogP contribution in [-0.4, -0.2) is 38.0 Å². The maximum atomic E-state index is 12.4. The molecule has 0 aliphatic carbocycles. The Bertz CT molecular complexity index is 735. The molecule has 1 amide bonds. The summed E-state index contributed by atoms with van der Waals surface area (Å²) in [6, 6.07) is 14.5. The summed E-state index contributed by atoms with van der Waals surface area (Å²) in [6.45, 7) is 4.70. The van der Waals surface area contributed by atoms with Crippen molar-refractivity contribution in [2.45, 2.75) is 6.92 Å². The summed E-state index contributed by atoms with van der Waals surface area (Å²) in [5.74, 6) is -0.217. The molecule has 0 radical (unpaired) electrons. The molecule has 3 rings (SSSR count). The molecule has 5 heteroatoms. The molecule has 0 aromatic heterocycles. The summed E-state index contributed by atoms with van der Waals surface area (Å²) in [5.41, 5.74) is 2.87. The second-order valence-electron chi connectivity index (χ2n) is 5.74. The van der Waals surface area contributed by atoms with Gasteiger partial charge in [0.15, 0.2) is 5.78 Å². The molecule has 124 valence electrons. The van der Waals surface area contributed by atoms with Crippen LogP contribution in [0.3, 0.4) is 0 Å². The first-order valence-corrected chi connectivity index (χ1v) is 7.98. The highest BCUT2D eigenvalue weighted by atomic mass is 16.5. The van der Waals surface area contributed by atoms with Crippen molar-refractivity contribution in [2.24, 2.45) is 0 Å². The number of ether oxygens (including phenoxy) is 1. The van der Waals surface area contributed by atoms with E-state index >= 15 is 0 Å². The average Bonchev–Trinajstić information content (AvgIpc) is 2.63. The zero-order valence-electron chi connectivity index (χ0n) is 13.6. The van der Waals surface area contributed by atoms with Gasteiger partial charge in [0, 0.05) is 35.6 Å². The second-order valence-corrected chi connectivity index (χ2v) is 5.74. The van der Waals surface area contributed by atoms with Crippen LogP contribution >= 0.6 is 0 Å². The number of nitrogens with zero attached hydrogens (tertiary/aromatic N) is 1. The third-order valence-corrected chi connectivity index (χ3v) is 4.03. The van der Waals surface area contributed by atoms with Crippen LogP contribution in [0.5, 0.6) is 0 Å². The zero-order chi connectivity index (χ0) is 16.9. The Balaban J connectivity index is 1.68. The highest BCUT2D eigenvalue weighted by Crippen LogP contribution is 2.18. The molecule has 1 heterocycles. The predicted octanol–water partition coefficient (Wildman–Crippen LogP) is 2.98. The number of morpholine rings is 1. The molecule has 0 atom stereocenters. The van der Waals surface area contributed by atoms with E-state index in [0.29, 0.717) is 16.8 Å². The molecule has 0 saturated carbocycles. The number of amides is 1. The number of carbonyl (C=O) groups is 2. The number of ketones is 1. The average molecular weight is 324 g/mol. The van der Waals surface area contributed by atoms with E-state index in [4.69, 9.17) is 4.74 Å². The summed E-state index contributed by atoms with van der Waals surface area (Å²) in [5, 5.41) is 2.83. The van der Waals surface area contributed by atoms with Gasteiger partial charge >= 0.3 is 0 Å². The lowest BCUT2D eigenvalue weighted by atomic mass is 10.1. The molecule has 1 fully saturated rings. The topological polar surface area (TPSA) is 58.6 Å². The van der Waals surface area contributed by atoms with Crippen molar-refractivity contribution in [3.63, 3.8) is 0 Å². The van der Waals surface area contributed by atoms with Crippen LogP contribution in [0.4, 0.5) is 11.4 Å². The van der Waals surface area contributed by atoms with Gasteiger partial charge in [-0.05, 0) is 43.3 Å². The van der Waals surface area contributed by atoms with Gasteiger partial charge in [-0.1, -0.05) is 12.1 Å². The molecule has 2 aromatic carbocycles. The first-order chi connectivity index (χ1) is 11.6. The molecule has 5 nitrogen and oxygen atoms in total. The maximum Gasteiger partial charge on any atom is 0.255 e. The number of hydrogen-bond donors (Lipinski definition) is 1. The number of nitrogens with one attached hydrogen (secondary N) is 1. The number of carbonyl (C=O) groups excluding carboxylic acids is 2. The van der Waals surface area contributed by atoms with Crippen molar-refractivity contribution in [3.05, 3.63) is 59.7 Å². The van der Waals surface area contributed by atoms with Gasteiger partial charge in [-0.2, -0.15) is 0 Å². The fourth-order valence-corrected chi connectivity index (χ4v) is 2.66. The highest BCUT2D eigenvalue weighted by molar-refractivity contribution is 6.05. The summed E-state index contributed by atoms with van der Waals surface area (Å²) in [7, 11) is 0. The molecular weight excluding hydrogens is 304 g/mol. The van der Waals surface area contributed by atoms with Crippen LogP contribution in [0.25, 0.3) is 0 Å². The lowest BCUT2D eigenvalue weighted by Gasteiger charge is -2.28. The van der Waals surface area contributed by atoms with Crippen LogP contribution in [-0.2, 0) is 4.74 Å². The summed E-state index contributed by atoms with van der Waals surface area (Å²) in [6.07, 6.45) is 0. The van der Waals surface area contributed by atoms with Crippen molar-refractivity contribution in [3.8, 4) is 0 Å². The SMILES string of the molecule is CC(=O)c1cccc(NC(=O)c2ccc(N3CCOCC3)cc2)c1. The molecule has 24 heavy (non-hydrogen) atoms. The number of rotatable bonds is 4. The van der Waals surface area contributed by atoms with E-state index < -0.39 is 0 Å². The standard InChI is InChI=1S/C19H20N2O3/c1-14(22)16-3-2-4-17(13-16)20-19(23)15-5-7-18(8-6-15)21-9-11-24-12-10-21/h2-8,13H,9-12H2,1H3,(H,20,23). The Labute approximate surface area is 141 Å². The highest BCUT2D eigenvalue weighted by Gasteiger charge is 2.12. The van der Waals surface area contributed by atoms with Crippen LogP contribution in [0.1, 0.15) is 27.6 Å². The van der Waals surface area contributed by atoms with Crippen molar-refractivity contribution >= 4 is 23.1 Å². The van der Waals surface area contributed by atoms with E-state index in [9.17, 15) is 9.59 Å². The predicted molar refractivity (Wildman–Crippen MR) is 93.9 cm³/mol. The Morgan fingerprint density at radius 2 is 1.71 bits per heavy atom. The molecule has 1 aliphatic heterocycles. The summed E-state index contributed by atoms with van der Waals surface area (Å²) < 4.78 is 5.35. The lowest BCUT2D eigenvalue weighted by Crippen LogP contribution is -2.36. The van der Waals surface area contributed by atoms with Gasteiger partial charge in [0.05, 0.1) is 13.2 Å². The van der Waals surface area contributed by atoms with E-state index in [1.807, 2.05) is 24.3 Å². The Hall–Kier alpha value is -2.66. The van der Waals surface area contributed by atoms with Gasteiger partial charge in [-0.15, -0.1) is 0 Å². The van der Waals surface area contributed by atoms with Gasteiger partial charge in [-0.3, -0.25) is 9.59 Å². The van der Waals surface area contributed by atoms with Gasteiger partial charge in [-0.25, -0.2) is 0 Å². The van der Waals surface area contributed by atoms with Crippen molar-refractivity contribution in [1.29, 1.82) is 0 Å². The number of hydrogen-bond acceptors (Lipinski definition) is 4. The minimum Gasteiger partial charge on any atom is -0.378 e. The molecule has 0 spiro atoms. The van der Waals surface area contributed by atoms with Crippen LogP contribution in [0.15, 0.2) is 48.5 Å². The van der Waals surface area contributed by atoms with Crippen LogP contribution < -0.4 is 10.2 Å². The van der Waals surface area contributed by atoms with E-state index in [1.165, 1.54) is 6.92 Å². The van der Waals surface area contributed by atoms with Crippen LogP contribution in [0, 0.1) is 0 Å². The van der Waals surface area contributed by atoms with Gasteiger partial charge in [0.2, 0.25) is 0 Å². The molecule has 1 saturated heterocycles. The van der Waals surface area contributed by atoms with E-state index in [0.717, 1.165) is 32.0 Å². The van der Waals surface area contributed by atoms with Gasteiger partial charge < -0.3 is 15.0 Å². The van der Waals surface area contributed by atoms with E-state index in [1.54, 1.807) is 24.3 Å². The summed E-state index contributed by atoms with van der Waals surface area (Å²) in [4.78, 5) is 26.0. The Kier molecular flexibility index (Phi) is 4.91. The second kappa shape index (κ2) is 7.27. The van der Waals surface area contributed by atoms with E-state index in [2.05, 4.69) is 10.2 Å². The Morgan fingerprint density at radius 3 is 2.38 bits per heavy atom. The largest absolute Gasteiger partial charge is 0.378 e. The lowest BCUT2D eigenvalue weighted by molar-refractivity contribution is 0.101. The number of anilines is 2. The van der Waals surface area contributed by atoms with Gasteiger partial charge in [0.1, 0.15) is 0 Å². The van der Waals surface area contributed by atoms with Gasteiger partial charge in [0.25, 0.3) is 5.91 Å². The third kappa shape index (κ3) is 3.81. The molecule has 0 unspecified atom stereocenters. The molecular formula is C19H20N2O3. The first-order valence-electron chi connectivity index (χ1n) is 7.98. The normalized spacial score (nSPS) is 14.3.